The molecule has 7 heteroatoms. The number of nitrogens with one attached hydrogen (secondary N) is 1. The fraction of sp³-hybridized carbons (Fsp3) is 0.273. The number of amides is 2. The van der Waals surface area contributed by atoms with Crippen molar-refractivity contribution in [2.24, 2.45) is 0 Å². The van der Waals surface area contributed by atoms with Gasteiger partial charge < -0.3 is 5.32 Å². The van der Waals surface area contributed by atoms with Gasteiger partial charge >= 0.3 is 0 Å². The number of hydrogen-bond acceptors (Lipinski definition) is 4. The average Bonchev–Trinajstić information content (AvgIpc) is 2.51. The average molecular weight is 268 g/mol. The predicted octanol–water partition coefficient (Wildman–Crippen LogP) is 0.211. The van der Waals surface area contributed by atoms with E-state index >= 15 is 0 Å². The lowest BCUT2D eigenvalue weighted by molar-refractivity contribution is 0.0889. The van der Waals surface area contributed by atoms with Crippen molar-refractivity contribution in [1.29, 1.82) is 0 Å². The molecule has 0 atom stereocenters. The van der Waals surface area contributed by atoms with E-state index in [0.717, 1.165) is 0 Å². The van der Waals surface area contributed by atoms with E-state index in [-0.39, 0.29) is 21.9 Å². The second-order valence-electron chi connectivity index (χ2n) is 3.85. The van der Waals surface area contributed by atoms with Crippen LogP contribution in [0.25, 0.3) is 0 Å². The molecule has 0 saturated heterocycles. The van der Waals surface area contributed by atoms with Gasteiger partial charge in [-0.1, -0.05) is 0 Å². The van der Waals surface area contributed by atoms with Crippen LogP contribution in [0.4, 0.5) is 0 Å². The summed E-state index contributed by atoms with van der Waals surface area (Å²) in [5, 5.41) is 2.57. The van der Waals surface area contributed by atoms with Gasteiger partial charge in [0.1, 0.15) is 4.90 Å². The third-order valence-corrected chi connectivity index (χ3v) is 4.52. The third-order valence-electron chi connectivity index (χ3n) is 2.74. The van der Waals surface area contributed by atoms with Gasteiger partial charge in [-0.05, 0) is 25.1 Å². The Hall–Kier alpha value is -1.89. The van der Waals surface area contributed by atoms with Crippen molar-refractivity contribution in [2.45, 2.75) is 11.8 Å². The van der Waals surface area contributed by atoms with Gasteiger partial charge in [-0.2, -0.15) is 0 Å². The zero-order valence-electron chi connectivity index (χ0n) is 9.93. The summed E-state index contributed by atoms with van der Waals surface area (Å²) in [6.07, 6.45) is 0. The lowest BCUT2D eigenvalue weighted by atomic mass is 10.1. The highest BCUT2D eigenvalue weighted by Crippen LogP contribution is 2.29. The zero-order chi connectivity index (χ0) is 13.5. The lowest BCUT2D eigenvalue weighted by Gasteiger charge is -2.06. The molecule has 6 nitrogen and oxygen atoms in total. The van der Waals surface area contributed by atoms with Crippen molar-refractivity contribution in [3.05, 3.63) is 29.3 Å². The van der Waals surface area contributed by atoms with Gasteiger partial charge in [0, 0.05) is 19.2 Å². The Kier molecular flexibility index (Phi) is 2.86. The summed E-state index contributed by atoms with van der Waals surface area (Å²) in [6, 6.07) is 4.04. The smallest absolute Gasteiger partial charge is 0.268 e. The molecule has 2 amide bonds. The fourth-order valence-corrected chi connectivity index (χ4v) is 3.06. The molecule has 1 aliphatic heterocycles. The molecular weight excluding hydrogens is 256 g/mol. The van der Waals surface area contributed by atoms with Gasteiger partial charge in [-0.3, -0.25) is 9.59 Å². The van der Waals surface area contributed by atoms with Crippen LogP contribution in [0.3, 0.4) is 0 Å². The maximum absolute atomic E-state index is 11.9. The van der Waals surface area contributed by atoms with E-state index in [1.165, 1.54) is 25.2 Å². The number of benzene rings is 1. The van der Waals surface area contributed by atoms with Crippen molar-refractivity contribution < 1.29 is 18.0 Å². The number of fused-ring (bicyclic) bond motifs is 1. The number of carbonyl (C=O) groups excluding carboxylic acids is 2. The molecule has 18 heavy (non-hydrogen) atoms. The summed E-state index contributed by atoms with van der Waals surface area (Å²) in [5.74, 6) is -0.940. The maximum atomic E-state index is 11.9. The molecule has 1 heterocycles. The Labute approximate surface area is 105 Å². The lowest BCUT2D eigenvalue weighted by Crippen LogP contribution is -2.25. The molecule has 1 N–H and O–H groups in total. The number of carbonyl (C=O) groups is 2. The van der Waals surface area contributed by atoms with Crippen LogP contribution < -0.4 is 5.32 Å². The minimum absolute atomic E-state index is 0.102. The van der Waals surface area contributed by atoms with Crippen molar-refractivity contribution in [2.75, 3.05) is 13.6 Å². The molecule has 1 aromatic rings. The Balaban J connectivity index is 2.56. The van der Waals surface area contributed by atoms with E-state index in [1.54, 1.807) is 6.92 Å². The van der Waals surface area contributed by atoms with Crippen molar-refractivity contribution in [1.82, 2.24) is 9.62 Å². The number of hydrogen-bond donors (Lipinski definition) is 1. The van der Waals surface area contributed by atoms with Gasteiger partial charge in [0.15, 0.2) is 0 Å². The summed E-state index contributed by atoms with van der Waals surface area (Å²) in [6.45, 7) is 2.21. The van der Waals surface area contributed by atoms with Crippen molar-refractivity contribution >= 4 is 21.8 Å². The van der Waals surface area contributed by atoms with Crippen molar-refractivity contribution in [3.8, 4) is 0 Å². The minimum Gasteiger partial charge on any atom is -0.352 e. The molecule has 0 aromatic heterocycles. The Morgan fingerprint density at radius 3 is 2.67 bits per heavy atom. The molecule has 96 valence electrons. The second kappa shape index (κ2) is 4.09. The van der Waals surface area contributed by atoms with Crippen LogP contribution in [0.2, 0.25) is 0 Å². The highest BCUT2D eigenvalue weighted by molar-refractivity contribution is 7.90. The van der Waals surface area contributed by atoms with Crippen LogP contribution in [-0.2, 0) is 10.0 Å². The number of rotatable bonds is 2. The van der Waals surface area contributed by atoms with Gasteiger partial charge in [0.2, 0.25) is 0 Å². The largest absolute Gasteiger partial charge is 0.352 e. The highest BCUT2D eigenvalue weighted by Gasteiger charge is 2.38. The van der Waals surface area contributed by atoms with Gasteiger partial charge in [0.05, 0.1) is 5.56 Å². The summed E-state index contributed by atoms with van der Waals surface area (Å²) in [5.41, 5.74) is 0.327. The molecule has 0 spiro atoms. The van der Waals surface area contributed by atoms with E-state index in [1.807, 2.05) is 0 Å². The normalized spacial score (nSPS) is 16.6. The van der Waals surface area contributed by atoms with Gasteiger partial charge in [-0.15, -0.1) is 0 Å². The van der Waals surface area contributed by atoms with Crippen LogP contribution >= 0.6 is 0 Å². The molecule has 2 rings (SSSR count). The fourth-order valence-electron chi connectivity index (χ4n) is 1.74. The molecule has 1 aromatic carbocycles. The predicted molar refractivity (Wildman–Crippen MR) is 63.7 cm³/mol. The van der Waals surface area contributed by atoms with Crippen LogP contribution in [-0.4, -0.2) is 38.1 Å². The topological polar surface area (TPSA) is 83.6 Å². The maximum Gasteiger partial charge on any atom is 0.268 e. The molecule has 0 unspecified atom stereocenters. The quantitative estimate of drug-likeness (QED) is 0.831. The first kappa shape index (κ1) is 12.6. The Morgan fingerprint density at radius 1 is 1.39 bits per heavy atom. The standard InChI is InChI=1S/C11H12N2O4S/c1-3-12-10(14)7-4-5-8-9(6-7)18(16,17)13(2)11(8)15/h4-6H,3H2,1-2H3,(H,12,14). The molecule has 0 radical (unpaired) electrons. The van der Waals surface area contributed by atoms with E-state index in [2.05, 4.69) is 5.32 Å². The zero-order valence-corrected chi connectivity index (χ0v) is 10.7. The summed E-state index contributed by atoms with van der Waals surface area (Å²) < 4.78 is 24.5. The summed E-state index contributed by atoms with van der Waals surface area (Å²) >= 11 is 0. The number of nitrogens with zero attached hydrogens (tertiary/aromatic N) is 1. The first-order chi connectivity index (χ1) is 8.39. The molecule has 0 bridgehead atoms. The van der Waals surface area contributed by atoms with Gasteiger partial charge in [0.25, 0.3) is 21.8 Å². The number of sulfonamides is 1. The van der Waals surface area contributed by atoms with Gasteiger partial charge in [-0.25, -0.2) is 12.7 Å². The Morgan fingerprint density at radius 2 is 2.06 bits per heavy atom. The van der Waals surface area contributed by atoms with E-state index < -0.39 is 15.9 Å². The molecule has 0 saturated carbocycles. The molecule has 0 fully saturated rings. The monoisotopic (exact) mass is 268 g/mol. The van der Waals surface area contributed by atoms with E-state index in [0.29, 0.717) is 10.8 Å². The van der Waals surface area contributed by atoms with Crippen molar-refractivity contribution in [3.63, 3.8) is 0 Å². The summed E-state index contributed by atoms with van der Waals surface area (Å²) in [4.78, 5) is 23.2. The molecule has 1 aliphatic rings. The SMILES string of the molecule is CCNC(=O)c1ccc2c(c1)S(=O)(=O)N(C)C2=O. The minimum atomic E-state index is -3.80. The van der Waals surface area contributed by atoms with Crippen LogP contribution in [0.5, 0.6) is 0 Å². The first-order valence-electron chi connectivity index (χ1n) is 5.35. The molecular formula is C11H12N2O4S. The molecule has 0 aliphatic carbocycles. The third kappa shape index (κ3) is 1.67. The van der Waals surface area contributed by atoms with Crippen LogP contribution in [0.15, 0.2) is 23.1 Å². The Bertz CT molecular complexity index is 636. The van der Waals surface area contributed by atoms with Crippen LogP contribution in [0, 0.1) is 0 Å². The highest BCUT2D eigenvalue weighted by atomic mass is 32.2. The van der Waals surface area contributed by atoms with E-state index in [4.69, 9.17) is 0 Å². The second-order valence-corrected chi connectivity index (χ2v) is 5.79. The summed E-state index contributed by atoms with van der Waals surface area (Å²) in [7, 11) is -2.60. The van der Waals surface area contributed by atoms with E-state index in [9.17, 15) is 18.0 Å². The first-order valence-corrected chi connectivity index (χ1v) is 6.79. The van der Waals surface area contributed by atoms with Crippen LogP contribution in [0.1, 0.15) is 27.6 Å².